The normalized spacial score (nSPS) is 28.2. The Morgan fingerprint density at radius 1 is 1.09 bits per heavy atom. The molecule has 0 bridgehead atoms. The first-order valence-electron chi connectivity index (χ1n) is 12.8. The summed E-state index contributed by atoms with van der Waals surface area (Å²) in [5, 5.41) is 15.3. The number of hydrogen-bond donors (Lipinski definition) is 4. The van der Waals surface area contributed by atoms with Gasteiger partial charge in [0.1, 0.15) is 10.9 Å². The van der Waals surface area contributed by atoms with Crippen LogP contribution in [-0.4, -0.2) is 60.4 Å². The number of carbonyl (C=O) groups is 1. The van der Waals surface area contributed by atoms with E-state index in [1.54, 1.807) is 11.3 Å². The van der Waals surface area contributed by atoms with E-state index in [1.807, 2.05) is 36.7 Å². The highest BCUT2D eigenvalue weighted by Gasteiger charge is 2.42. The maximum absolute atomic E-state index is 13.6. The van der Waals surface area contributed by atoms with Crippen molar-refractivity contribution in [2.75, 3.05) is 31.1 Å². The van der Waals surface area contributed by atoms with E-state index in [9.17, 15) is 4.79 Å². The van der Waals surface area contributed by atoms with Crippen LogP contribution in [0.2, 0.25) is 0 Å². The molecule has 0 spiro atoms. The second-order valence-electron chi connectivity index (χ2n) is 9.87. The molecule has 8 nitrogen and oxygen atoms in total. The number of piperidine rings is 2. The monoisotopic (exact) mass is 491 g/mol. The van der Waals surface area contributed by atoms with Crippen LogP contribution in [0.25, 0.3) is 10.2 Å². The molecule has 3 fully saturated rings. The standard InChI is InChI=1S/C26H33N7OS/c34-25-22(26-30-20-7-1-2-8-21(20)35-26)24(29-18-5-3-11-27-15-18)31-23(32-25)17-9-13-33(14-10-17)19-6-4-12-28-16-19/h1-2,4,6-8,12,16-18,22-24,27,29,31H,3,5,9-11,13-15H2,(H,32,34)/t18-,22?,23?,24?/m1/s1. The third-order valence-corrected chi connectivity index (χ3v) is 8.70. The van der Waals surface area contributed by atoms with Crippen LogP contribution >= 0.6 is 11.3 Å². The molecule has 9 heteroatoms. The van der Waals surface area contributed by atoms with Gasteiger partial charge in [-0.05, 0) is 62.4 Å². The Morgan fingerprint density at radius 2 is 1.97 bits per heavy atom. The van der Waals surface area contributed by atoms with Gasteiger partial charge in [-0.2, -0.15) is 0 Å². The van der Waals surface area contributed by atoms with Crippen molar-refractivity contribution >= 4 is 33.1 Å². The molecule has 0 aliphatic carbocycles. The third kappa shape index (κ3) is 4.91. The van der Waals surface area contributed by atoms with Gasteiger partial charge in [0.2, 0.25) is 5.91 Å². The fourth-order valence-corrected chi connectivity index (χ4v) is 6.79. The van der Waals surface area contributed by atoms with Gasteiger partial charge in [-0.3, -0.25) is 20.4 Å². The van der Waals surface area contributed by atoms with Crippen molar-refractivity contribution in [3.05, 3.63) is 53.8 Å². The van der Waals surface area contributed by atoms with E-state index in [1.165, 1.54) is 5.69 Å². The van der Waals surface area contributed by atoms with Crippen molar-refractivity contribution in [1.82, 2.24) is 31.2 Å². The highest BCUT2D eigenvalue weighted by molar-refractivity contribution is 7.18. The fraction of sp³-hybridized carbons (Fsp3) is 0.500. The summed E-state index contributed by atoms with van der Waals surface area (Å²) in [5.41, 5.74) is 2.13. The molecule has 4 N–H and O–H groups in total. The number of thiazole rings is 1. The van der Waals surface area contributed by atoms with Gasteiger partial charge in [-0.1, -0.05) is 12.1 Å². The second-order valence-corrected chi connectivity index (χ2v) is 10.9. The quantitative estimate of drug-likeness (QED) is 0.435. The zero-order valence-electron chi connectivity index (χ0n) is 19.8. The van der Waals surface area contributed by atoms with Crippen LogP contribution in [0.15, 0.2) is 48.8 Å². The van der Waals surface area contributed by atoms with Gasteiger partial charge >= 0.3 is 0 Å². The van der Waals surface area contributed by atoms with Crippen molar-refractivity contribution in [2.45, 2.75) is 50.0 Å². The number of hydrogen-bond acceptors (Lipinski definition) is 8. The summed E-state index contributed by atoms with van der Waals surface area (Å²) < 4.78 is 1.12. The molecule has 3 aromatic rings. The van der Waals surface area contributed by atoms with Crippen LogP contribution < -0.4 is 26.2 Å². The van der Waals surface area contributed by atoms with E-state index in [4.69, 9.17) is 4.98 Å². The molecular weight excluding hydrogens is 458 g/mol. The molecule has 5 heterocycles. The van der Waals surface area contributed by atoms with E-state index >= 15 is 0 Å². The number of fused-ring (bicyclic) bond motifs is 1. The van der Waals surface area contributed by atoms with E-state index in [2.05, 4.69) is 43.3 Å². The predicted molar refractivity (Wildman–Crippen MR) is 139 cm³/mol. The van der Waals surface area contributed by atoms with Crippen molar-refractivity contribution in [3.63, 3.8) is 0 Å². The first-order valence-corrected chi connectivity index (χ1v) is 13.6. The van der Waals surface area contributed by atoms with E-state index < -0.39 is 0 Å². The predicted octanol–water partition coefficient (Wildman–Crippen LogP) is 2.40. The van der Waals surface area contributed by atoms with Gasteiger partial charge in [-0.25, -0.2) is 4.98 Å². The van der Waals surface area contributed by atoms with Gasteiger partial charge in [0, 0.05) is 31.9 Å². The molecule has 0 saturated carbocycles. The molecule has 3 aliphatic rings. The fourth-order valence-electron chi connectivity index (χ4n) is 5.68. The van der Waals surface area contributed by atoms with Crippen LogP contribution in [0.5, 0.6) is 0 Å². The first kappa shape index (κ1) is 22.8. The maximum atomic E-state index is 13.6. The largest absolute Gasteiger partial charge is 0.370 e. The van der Waals surface area contributed by atoms with E-state index in [0.717, 1.165) is 67.1 Å². The number of pyridine rings is 1. The van der Waals surface area contributed by atoms with Crippen LogP contribution in [0.4, 0.5) is 5.69 Å². The summed E-state index contributed by atoms with van der Waals surface area (Å²) in [5.74, 6) is 0.113. The molecule has 6 rings (SSSR count). The highest BCUT2D eigenvalue weighted by Crippen LogP contribution is 2.33. The number of carbonyl (C=O) groups excluding carboxylic acids is 1. The molecule has 35 heavy (non-hydrogen) atoms. The SMILES string of the molecule is O=C1NC(C2CCN(c3cccnc3)CC2)NC(N[C@@H]2CCCNC2)C1c1nc2ccccc2s1. The zero-order chi connectivity index (χ0) is 23.6. The number of amides is 1. The number of benzene rings is 1. The average Bonchev–Trinajstić information content (AvgIpc) is 3.33. The number of aromatic nitrogens is 2. The lowest BCUT2D eigenvalue weighted by atomic mass is 9.89. The number of rotatable bonds is 5. The second kappa shape index (κ2) is 10.2. The van der Waals surface area contributed by atoms with E-state index in [-0.39, 0.29) is 24.2 Å². The number of nitrogens with zero attached hydrogens (tertiary/aromatic N) is 3. The van der Waals surface area contributed by atoms with Crippen LogP contribution in [-0.2, 0) is 4.79 Å². The topological polar surface area (TPSA) is 94.2 Å². The summed E-state index contributed by atoms with van der Waals surface area (Å²) in [6.45, 7) is 3.93. The Kier molecular flexibility index (Phi) is 6.65. The highest BCUT2D eigenvalue weighted by atomic mass is 32.1. The number of anilines is 1. The van der Waals surface area contributed by atoms with Crippen LogP contribution in [0.3, 0.4) is 0 Å². The lowest BCUT2D eigenvalue weighted by Gasteiger charge is -2.44. The van der Waals surface area contributed by atoms with Crippen LogP contribution in [0.1, 0.15) is 36.6 Å². The van der Waals surface area contributed by atoms with Gasteiger partial charge in [0.05, 0.1) is 34.4 Å². The Labute approximate surface area is 209 Å². The molecule has 1 aromatic carbocycles. The molecule has 2 aromatic heterocycles. The summed E-state index contributed by atoms with van der Waals surface area (Å²) in [6.07, 6.45) is 7.88. The van der Waals surface area contributed by atoms with Gasteiger partial charge in [0.25, 0.3) is 0 Å². The Hall–Kier alpha value is -2.59. The van der Waals surface area contributed by atoms with Crippen molar-refractivity contribution < 1.29 is 4.79 Å². The Bertz CT molecular complexity index is 1110. The Balaban J connectivity index is 1.20. The van der Waals surface area contributed by atoms with Crippen molar-refractivity contribution in [2.24, 2.45) is 5.92 Å². The van der Waals surface area contributed by atoms with Crippen LogP contribution in [0, 0.1) is 5.92 Å². The molecule has 3 unspecified atom stereocenters. The minimum absolute atomic E-state index is 0.0433. The first-order chi connectivity index (χ1) is 17.2. The molecule has 3 aliphatic heterocycles. The van der Waals surface area contributed by atoms with Crippen molar-refractivity contribution in [1.29, 1.82) is 0 Å². The van der Waals surface area contributed by atoms with E-state index in [0.29, 0.717) is 12.0 Å². The zero-order valence-corrected chi connectivity index (χ0v) is 20.6. The average molecular weight is 492 g/mol. The summed E-state index contributed by atoms with van der Waals surface area (Å²) in [6, 6.07) is 12.6. The molecule has 1 amide bonds. The minimum Gasteiger partial charge on any atom is -0.370 e. The minimum atomic E-state index is -0.346. The summed E-state index contributed by atoms with van der Waals surface area (Å²) in [4.78, 5) is 25.1. The lowest BCUT2D eigenvalue weighted by Crippen LogP contribution is -2.69. The maximum Gasteiger partial charge on any atom is 0.234 e. The third-order valence-electron chi connectivity index (χ3n) is 7.58. The summed E-state index contributed by atoms with van der Waals surface area (Å²) in [7, 11) is 0. The number of para-hydroxylation sites is 1. The van der Waals surface area contributed by atoms with Gasteiger partial charge in [-0.15, -0.1) is 11.3 Å². The number of nitrogens with one attached hydrogen (secondary N) is 4. The molecular formula is C26H33N7OS. The molecule has 4 atom stereocenters. The summed E-state index contributed by atoms with van der Waals surface area (Å²) >= 11 is 1.63. The van der Waals surface area contributed by atoms with Gasteiger partial charge < -0.3 is 15.5 Å². The van der Waals surface area contributed by atoms with Gasteiger partial charge in [0.15, 0.2) is 0 Å². The Morgan fingerprint density at radius 3 is 2.74 bits per heavy atom. The molecule has 3 saturated heterocycles. The smallest absolute Gasteiger partial charge is 0.234 e. The van der Waals surface area contributed by atoms with Crippen molar-refractivity contribution in [3.8, 4) is 0 Å². The molecule has 0 radical (unpaired) electrons. The lowest BCUT2D eigenvalue weighted by molar-refractivity contribution is -0.127. The molecule has 184 valence electrons.